The van der Waals surface area contributed by atoms with Crippen LogP contribution in [0, 0.1) is 5.92 Å². The van der Waals surface area contributed by atoms with Crippen molar-refractivity contribution >= 4 is 11.3 Å². The van der Waals surface area contributed by atoms with Crippen LogP contribution < -0.4 is 0 Å². The number of nitrogens with zero attached hydrogens (tertiary/aromatic N) is 4. The second-order valence-corrected chi connectivity index (χ2v) is 8.45. The first-order valence-corrected chi connectivity index (χ1v) is 10.8. The van der Waals surface area contributed by atoms with Gasteiger partial charge in [-0.05, 0) is 37.2 Å². The summed E-state index contributed by atoms with van der Waals surface area (Å²) in [5, 5.41) is 6.13. The highest BCUT2D eigenvalue weighted by atomic mass is 32.1. The number of thiazole rings is 1. The molecular weight excluding hydrogens is 394 g/mol. The van der Waals surface area contributed by atoms with E-state index in [1.165, 1.54) is 0 Å². The zero-order valence-corrected chi connectivity index (χ0v) is 17.1. The molecular formula is C21H24F2N4OS. The van der Waals surface area contributed by atoms with Gasteiger partial charge >= 0.3 is 0 Å². The Hall–Kier alpha value is -2.19. The first-order valence-electron chi connectivity index (χ1n) is 9.91. The standard InChI is InChI=1S/C21H24F2N4OS/c1-14-7-9-16(10-8-14)27-20(17-13-29-21(24-17)19(22)23)25-18(26-27)12-28-11-15-5-3-2-4-6-15/h2-6,13-14,16,19H,7-12H2,1H3. The van der Waals surface area contributed by atoms with Crippen LogP contribution in [-0.2, 0) is 18.0 Å². The van der Waals surface area contributed by atoms with E-state index in [0.29, 0.717) is 29.9 Å². The molecule has 0 unspecified atom stereocenters. The topological polar surface area (TPSA) is 52.8 Å². The molecule has 0 amide bonds. The summed E-state index contributed by atoms with van der Waals surface area (Å²) in [4.78, 5) is 8.70. The van der Waals surface area contributed by atoms with Gasteiger partial charge in [0.05, 0.1) is 12.6 Å². The first kappa shape index (κ1) is 20.1. The Morgan fingerprint density at radius 3 is 2.55 bits per heavy atom. The average molecular weight is 419 g/mol. The van der Waals surface area contributed by atoms with Gasteiger partial charge in [0.2, 0.25) is 0 Å². The number of alkyl halides is 2. The molecule has 0 bridgehead atoms. The van der Waals surface area contributed by atoms with Gasteiger partial charge in [0.1, 0.15) is 12.3 Å². The van der Waals surface area contributed by atoms with Crippen molar-refractivity contribution in [3.8, 4) is 11.5 Å². The monoisotopic (exact) mass is 418 g/mol. The lowest BCUT2D eigenvalue weighted by Gasteiger charge is -2.26. The summed E-state index contributed by atoms with van der Waals surface area (Å²) in [6.45, 7) is 3.00. The molecule has 29 heavy (non-hydrogen) atoms. The predicted molar refractivity (Wildman–Crippen MR) is 108 cm³/mol. The number of benzene rings is 1. The third-order valence-electron chi connectivity index (χ3n) is 5.29. The molecule has 2 aromatic heterocycles. The van der Waals surface area contributed by atoms with Gasteiger partial charge < -0.3 is 4.74 Å². The highest BCUT2D eigenvalue weighted by molar-refractivity contribution is 7.10. The highest BCUT2D eigenvalue weighted by Crippen LogP contribution is 2.35. The van der Waals surface area contributed by atoms with Crippen molar-refractivity contribution in [2.45, 2.75) is 58.3 Å². The molecule has 0 aliphatic heterocycles. The van der Waals surface area contributed by atoms with Crippen molar-refractivity contribution in [2.75, 3.05) is 0 Å². The minimum absolute atomic E-state index is 0.186. The van der Waals surface area contributed by atoms with Gasteiger partial charge in [0.15, 0.2) is 16.7 Å². The van der Waals surface area contributed by atoms with Crippen LogP contribution in [-0.4, -0.2) is 19.7 Å². The summed E-state index contributed by atoms with van der Waals surface area (Å²) in [5.74, 6) is 1.82. The van der Waals surface area contributed by atoms with Gasteiger partial charge in [0.25, 0.3) is 6.43 Å². The van der Waals surface area contributed by atoms with E-state index in [2.05, 4.69) is 22.0 Å². The van der Waals surface area contributed by atoms with E-state index in [0.717, 1.165) is 42.6 Å². The Kier molecular flexibility index (Phi) is 6.30. The number of hydrogen-bond acceptors (Lipinski definition) is 5. The fourth-order valence-corrected chi connectivity index (χ4v) is 4.31. The minimum Gasteiger partial charge on any atom is -0.369 e. The molecule has 3 aromatic rings. The van der Waals surface area contributed by atoms with Crippen LogP contribution in [0.3, 0.4) is 0 Å². The molecule has 0 saturated heterocycles. The van der Waals surface area contributed by atoms with Crippen LogP contribution in [0.15, 0.2) is 35.7 Å². The van der Waals surface area contributed by atoms with E-state index in [1.807, 2.05) is 35.0 Å². The lowest BCUT2D eigenvalue weighted by molar-refractivity contribution is 0.101. The minimum atomic E-state index is -2.57. The molecule has 1 aliphatic rings. The van der Waals surface area contributed by atoms with Gasteiger partial charge in [-0.25, -0.2) is 23.4 Å². The first-order chi connectivity index (χ1) is 14.1. The number of hydrogen-bond donors (Lipinski definition) is 0. The molecule has 4 rings (SSSR count). The highest BCUT2D eigenvalue weighted by Gasteiger charge is 2.26. The van der Waals surface area contributed by atoms with Gasteiger partial charge in [0, 0.05) is 5.38 Å². The number of rotatable bonds is 7. The maximum atomic E-state index is 13.0. The molecule has 0 N–H and O–H groups in total. The number of halogens is 2. The number of ether oxygens (including phenoxy) is 1. The molecule has 154 valence electrons. The Bertz CT molecular complexity index is 920. The molecule has 0 atom stereocenters. The Morgan fingerprint density at radius 2 is 1.86 bits per heavy atom. The molecule has 1 fully saturated rings. The molecule has 5 nitrogen and oxygen atoms in total. The fraction of sp³-hybridized carbons (Fsp3) is 0.476. The summed E-state index contributed by atoms with van der Waals surface area (Å²) in [6, 6.07) is 10.1. The van der Waals surface area contributed by atoms with E-state index in [9.17, 15) is 8.78 Å². The summed E-state index contributed by atoms with van der Waals surface area (Å²) < 4.78 is 33.7. The van der Waals surface area contributed by atoms with E-state index in [-0.39, 0.29) is 17.7 Å². The summed E-state index contributed by atoms with van der Waals surface area (Å²) >= 11 is 0.959. The van der Waals surface area contributed by atoms with Crippen molar-refractivity contribution in [1.29, 1.82) is 0 Å². The Balaban J connectivity index is 1.54. The predicted octanol–water partition coefficient (Wildman–Crippen LogP) is 5.81. The molecule has 1 aliphatic carbocycles. The van der Waals surface area contributed by atoms with E-state index in [1.54, 1.807) is 5.38 Å². The van der Waals surface area contributed by atoms with Gasteiger partial charge in [-0.1, -0.05) is 37.3 Å². The quantitative estimate of drug-likeness (QED) is 0.486. The maximum Gasteiger partial charge on any atom is 0.289 e. The lowest BCUT2D eigenvalue weighted by atomic mass is 9.87. The summed E-state index contributed by atoms with van der Waals surface area (Å²) in [7, 11) is 0. The van der Waals surface area contributed by atoms with Crippen molar-refractivity contribution in [1.82, 2.24) is 19.7 Å². The second kappa shape index (κ2) is 9.09. The third kappa shape index (κ3) is 4.87. The lowest BCUT2D eigenvalue weighted by Crippen LogP contribution is -2.19. The Morgan fingerprint density at radius 1 is 1.10 bits per heavy atom. The molecule has 0 radical (unpaired) electrons. The molecule has 1 saturated carbocycles. The molecule has 1 aromatic carbocycles. The van der Waals surface area contributed by atoms with Crippen LogP contribution >= 0.6 is 11.3 Å². The van der Waals surface area contributed by atoms with Crippen LogP contribution in [0.1, 0.15) is 61.5 Å². The number of aromatic nitrogens is 4. The van der Waals surface area contributed by atoms with E-state index >= 15 is 0 Å². The summed E-state index contributed by atoms with van der Waals surface area (Å²) in [5.41, 5.74) is 1.54. The maximum absolute atomic E-state index is 13.0. The smallest absolute Gasteiger partial charge is 0.289 e. The largest absolute Gasteiger partial charge is 0.369 e. The van der Waals surface area contributed by atoms with Crippen LogP contribution in [0.5, 0.6) is 0 Å². The van der Waals surface area contributed by atoms with E-state index in [4.69, 9.17) is 4.74 Å². The SMILES string of the molecule is CC1CCC(n2nc(COCc3ccccc3)nc2-c2csc(C(F)F)n2)CC1. The second-order valence-electron chi connectivity index (χ2n) is 7.56. The van der Waals surface area contributed by atoms with Crippen LogP contribution in [0.2, 0.25) is 0 Å². The fourth-order valence-electron chi connectivity index (χ4n) is 3.67. The third-order valence-corrected chi connectivity index (χ3v) is 6.14. The molecule has 2 heterocycles. The van der Waals surface area contributed by atoms with Crippen molar-refractivity contribution < 1.29 is 13.5 Å². The van der Waals surface area contributed by atoms with Crippen molar-refractivity contribution in [2.24, 2.45) is 5.92 Å². The molecule has 0 spiro atoms. The Labute approximate surface area is 172 Å². The van der Waals surface area contributed by atoms with Crippen LogP contribution in [0.25, 0.3) is 11.5 Å². The van der Waals surface area contributed by atoms with Gasteiger partial charge in [-0.15, -0.1) is 11.3 Å². The van der Waals surface area contributed by atoms with Crippen LogP contribution in [0.4, 0.5) is 8.78 Å². The zero-order valence-electron chi connectivity index (χ0n) is 16.3. The average Bonchev–Trinajstić information content (AvgIpc) is 3.37. The normalized spacial score (nSPS) is 19.7. The van der Waals surface area contributed by atoms with Gasteiger partial charge in [-0.3, -0.25) is 0 Å². The molecule has 8 heteroatoms. The van der Waals surface area contributed by atoms with Crippen molar-refractivity contribution in [3.05, 3.63) is 52.1 Å². The zero-order chi connectivity index (χ0) is 20.2. The van der Waals surface area contributed by atoms with Crippen molar-refractivity contribution in [3.63, 3.8) is 0 Å². The van der Waals surface area contributed by atoms with E-state index < -0.39 is 6.43 Å². The van der Waals surface area contributed by atoms with Gasteiger partial charge in [-0.2, -0.15) is 5.10 Å². The summed E-state index contributed by atoms with van der Waals surface area (Å²) in [6.07, 6.45) is 1.70.